The smallest absolute Gasteiger partial charge is 0.270 e. The van der Waals surface area contributed by atoms with Gasteiger partial charge in [-0.1, -0.05) is 48.5 Å². The van der Waals surface area contributed by atoms with E-state index in [2.05, 4.69) is 18.0 Å². The van der Waals surface area contributed by atoms with Gasteiger partial charge in [0.25, 0.3) is 5.69 Å². The van der Waals surface area contributed by atoms with E-state index in [1.807, 2.05) is 72.8 Å². The standard InChI is InChI=1S/C28H23N3O3.ClH/c1-30-17-16-29-26(25-8-4-5-9-27(25)30)14-11-22-18-23(31(32)33)12-15-28(22)34-24-13-10-20-6-2-3-7-21(20)19-24;/h2-15,18-19H,16-17H2,1H3;1H/b14-11+;. The number of hydrogen-bond donors (Lipinski definition) is 0. The van der Waals surface area contributed by atoms with Gasteiger partial charge in [-0.25, -0.2) is 0 Å². The van der Waals surface area contributed by atoms with Gasteiger partial charge in [0.15, 0.2) is 0 Å². The SMILES string of the molecule is CN1CCN=C(/C=C/c2cc([N+](=O)[O-])ccc2Oc2ccc3ccccc3c2)c2ccccc21.Cl. The second-order valence-electron chi connectivity index (χ2n) is 8.13. The number of anilines is 1. The maximum Gasteiger partial charge on any atom is 0.270 e. The molecule has 0 unspecified atom stereocenters. The number of hydrogen-bond acceptors (Lipinski definition) is 5. The Morgan fingerprint density at radius 1 is 0.943 bits per heavy atom. The number of nitrogens with zero attached hydrogens (tertiary/aromatic N) is 3. The first-order valence-electron chi connectivity index (χ1n) is 11.1. The molecule has 35 heavy (non-hydrogen) atoms. The maximum atomic E-state index is 11.4. The van der Waals surface area contributed by atoms with Crippen molar-refractivity contribution in [3.05, 3.63) is 112 Å². The van der Waals surface area contributed by atoms with E-state index < -0.39 is 4.92 Å². The van der Waals surface area contributed by atoms with Crippen LogP contribution >= 0.6 is 12.4 Å². The Morgan fingerprint density at radius 2 is 1.71 bits per heavy atom. The van der Waals surface area contributed by atoms with Crippen LogP contribution in [0.15, 0.2) is 96.0 Å². The van der Waals surface area contributed by atoms with Gasteiger partial charge in [0.2, 0.25) is 0 Å². The fourth-order valence-corrected chi connectivity index (χ4v) is 4.09. The summed E-state index contributed by atoms with van der Waals surface area (Å²) in [6.45, 7) is 1.49. The molecule has 0 N–H and O–H groups in total. The van der Waals surface area contributed by atoms with E-state index in [1.54, 1.807) is 6.07 Å². The lowest BCUT2D eigenvalue weighted by Crippen LogP contribution is -2.20. The molecular formula is C28H24ClN3O3. The summed E-state index contributed by atoms with van der Waals surface area (Å²) < 4.78 is 6.18. The number of benzodiazepines with no additional fused rings is 1. The van der Waals surface area contributed by atoms with E-state index in [0.717, 1.165) is 34.3 Å². The molecule has 0 fully saturated rings. The highest BCUT2D eigenvalue weighted by Gasteiger charge is 2.15. The minimum absolute atomic E-state index is 0. The second-order valence-corrected chi connectivity index (χ2v) is 8.13. The Kier molecular flexibility index (Phi) is 7.13. The number of rotatable bonds is 5. The maximum absolute atomic E-state index is 11.4. The molecule has 0 bridgehead atoms. The minimum atomic E-state index is -0.398. The van der Waals surface area contributed by atoms with Crippen LogP contribution < -0.4 is 9.64 Å². The molecule has 0 spiro atoms. The van der Waals surface area contributed by atoms with Gasteiger partial charge in [0, 0.05) is 42.5 Å². The molecule has 0 aliphatic carbocycles. The van der Waals surface area contributed by atoms with E-state index in [0.29, 0.717) is 23.6 Å². The monoisotopic (exact) mass is 485 g/mol. The van der Waals surface area contributed by atoms with E-state index >= 15 is 0 Å². The van der Waals surface area contributed by atoms with Crippen molar-refractivity contribution in [2.75, 3.05) is 25.0 Å². The highest BCUT2D eigenvalue weighted by molar-refractivity contribution is 6.14. The molecular weight excluding hydrogens is 462 g/mol. The Morgan fingerprint density at radius 3 is 2.54 bits per heavy atom. The van der Waals surface area contributed by atoms with E-state index in [4.69, 9.17) is 9.73 Å². The fraction of sp³-hybridized carbons (Fsp3) is 0.107. The molecule has 176 valence electrons. The molecule has 0 amide bonds. The number of nitro groups is 1. The van der Waals surface area contributed by atoms with Crippen LogP contribution in [0.4, 0.5) is 11.4 Å². The molecule has 0 saturated carbocycles. The van der Waals surface area contributed by atoms with Crippen molar-refractivity contribution in [2.45, 2.75) is 0 Å². The largest absolute Gasteiger partial charge is 0.457 e. The summed E-state index contributed by atoms with van der Waals surface area (Å²) in [6, 6.07) is 26.7. The van der Waals surface area contributed by atoms with Gasteiger partial charge >= 0.3 is 0 Å². The van der Waals surface area contributed by atoms with E-state index in [-0.39, 0.29) is 18.1 Å². The predicted molar refractivity (Wildman–Crippen MR) is 145 cm³/mol. The van der Waals surface area contributed by atoms with Gasteiger partial charge in [0.05, 0.1) is 17.2 Å². The number of fused-ring (bicyclic) bond motifs is 2. The van der Waals surface area contributed by atoms with Gasteiger partial charge in [0.1, 0.15) is 11.5 Å². The Balaban J connectivity index is 0.00000289. The summed E-state index contributed by atoms with van der Waals surface area (Å²) >= 11 is 0. The van der Waals surface area contributed by atoms with Gasteiger partial charge in [-0.2, -0.15) is 0 Å². The number of benzene rings is 4. The number of halogens is 1. The van der Waals surface area contributed by atoms with Crippen LogP contribution in [-0.2, 0) is 0 Å². The number of likely N-dealkylation sites (N-methyl/N-ethyl adjacent to an activating group) is 1. The molecule has 0 aromatic heterocycles. The van der Waals surface area contributed by atoms with Crippen LogP contribution in [0.25, 0.3) is 16.8 Å². The first-order valence-corrected chi connectivity index (χ1v) is 11.1. The Labute approximate surface area is 209 Å². The lowest BCUT2D eigenvalue weighted by atomic mass is 10.0. The summed E-state index contributed by atoms with van der Waals surface area (Å²) in [6.07, 6.45) is 3.74. The molecule has 6 nitrogen and oxygen atoms in total. The van der Waals surface area contributed by atoms with Crippen LogP contribution in [0.3, 0.4) is 0 Å². The average molecular weight is 486 g/mol. The summed E-state index contributed by atoms with van der Waals surface area (Å²) in [5, 5.41) is 13.6. The zero-order valence-corrected chi connectivity index (χ0v) is 19.9. The third-order valence-electron chi connectivity index (χ3n) is 5.88. The molecule has 7 heteroatoms. The molecule has 5 rings (SSSR count). The van der Waals surface area contributed by atoms with Crippen molar-refractivity contribution in [1.29, 1.82) is 0 Å². The van der Waals surface area contributed by atoms with Crippen LogP contribution in [0.2, 0.25) is 0 Å². The summed E-state index contributed by atoms with van der Waals surface area (Å²) in [5.74, 6) is 1.21. The van der Waals surface area contributed by atoms with Crippen molar-refractivity contribution < 1.29 is 9.66 Å². The average Bonchev–Trinajstić information content (AvgIpc) is 3.02. The topological polar surface area (TPSA) is 68.0 Å². The van der Waals surface area contributed by atoms with E-state index in [9.17, 15) is 10.1 Å². The summed E-state index contributed by atoms with van der Waals surface area (Å²) in [7, 11) is 2.05. The molecule has 4 aromatic rings. The third kappa shape index (κ3) is 5.18. The summed E-state index contributed by atoms with van der Waals surface area (Å²) in [4.78, 5) is 18.0. The first-order chi connectivity index (χ1) is 16.6. The van der Waals surface area contributed by atoms with Gasteiger partial charge < -0.3 is 9.64 Å². The number of para-hydroxylation sites is 1. The molecule has 0 radical (unpaired) electrons. The summed E-state index contributed by atoms with van der Waals surface area (Å²) in [5.41, 5.74) is 3.59. The van der Waals surface area contributed by atoms with Crippen molar-refractivity contribution in [3.8, 4) is 11.5 Å². The zero-order chi connectivity index (χ0) is 23.5. The molecule has 0 saturated heterocycles. The zero-order valence-electron chi connectivity index (χ0n) is 19.1. The van der Waals surface area contributed by atoms with E-state index in [1.165, 1.54) is 12.1 Å². The second kappa shape index (κ2) is 10.4. The predicted octanol–water partition coefficient (Wildman–Crippen LogP) is 6.91. The normalized spacial score (nSPS) is 13.1. The number of nitro benzene ring substituents is 1. The Bertz CT molecular complexity index is 1450. The number of ether oxygens (including phenoxy) is 1. The third-order valence-corrected chi connectivity index (χ3v) is 5.88. The van der Waals surface area contributed by atoms with Gasteiger partial charge in [-0.15, -0.1) is 12.4 Å². The number of allylic oxidation sites excluding steroid dienone is 1. The quantitative estimate of drug-likeness (QED) is 0.227. The number of non-ortho nitro benzene ring substituents is 1. The first kappa shape index (κ1) is 24.0. The Hall–Kier alpha value is -4.16. The van der Waals surface area contributed by atoms with Crippen LogP contribution in [0, 0.1) is 10.1 Å². The molecule has 1 aliphatic heterocycles. The number of aliphatic imine (C=N–C) groups is 1. The lowest BCUT2D eigenvalue weighted by Gasteiger charge is -2.18. The van der Waals surface area contributed by atoms with Crippen molar-refractivity contribution in [1.82, 2.24) is 0 Å². The van der Waals surface area contributed by atoms with Crippen LogP contribution in [0.5, 0.6) is 11.5 Å². The van der Waals surface area contributed by atoms with Crippen molar-refractivity contribution in [2.24, 2.45) is 4.99 Å². The van der Waals surface area contributed by atoms with Crippen LogP contribution in [-0.4, -0.2) is 30.8 Å². The molecule has 1 heterocycles. The highest BCUT2D eigenvalue weighted by atomic mass is 35.5. The van der Waals surface area contributed by atoms with Crippen molar-refractivity contribution >= 4 is 46.3 Å². The fourth-order valence-electron chi connectivity index (χ4n) is 4.09. The van der Waals surface area contributed by atoms with Gasteiger partial charge in [-0.3, -0.25) is 15.1 Å². The molecule has 0 atom stereocenters. The van der Waals surface area contributed by atoms with Crippen molar-refractivity contribution in [3.63, 3.8) is 0 Å². The molecule has 4 aromatic carbocycles. The molecule has 1 aliphatic rings. The van der Waals surface area contributed by atoms with Crippen LogP contribution in [0.1, 0.15) is 11.1 Å². The minimum Gasteiger partial charge on any atom is -0.457 e. The highest BCUT2D eigenvalue weighted by Crippen LogP contribution is 2.32. The van der Waals surface area contributed by atoms with Gasteiger partial charge in [-0.05, 0) is 47.2 Å². The lowest BCUT2D eigenvalue weighted by molar-refractivity contribution is -0.384.